The molecule has 16 heavy (non-hydrogen) atoms. The molecule has 4 nitrogen and oxygen atoms in total. The molecule has 0 amide bonds. The van der Waals surface area contributed by atoms with Gasteiger partial charge in [0.25, 0.3) is 0 Å². The molecule has 0 bridgehead atoms. The molecular formula is C12H18N2O2. The maximum Gasteiger partial charge on any atom is 0.217 e. The summed E-state index contributed by atoms with van der Waals surface area (Å²) in [6.45, 7) is 2.88. The third kappa shape index (κ3) is 2.93. The second-order valence-corrected chi connectivity index (χ2v) is 4.04. The summed E-state index contributed by atoms with van der Waals surface area (Å²) in [5.41, 5.74) is 6.59. The van der Waals surface area contributed by atoms with Crippen LogP contribution in [0.25, 0.3) is 0 Å². The van der Waals surface area contributed by atoms with E-state index in [4.69, 9.17) is 15.2 Å². The highest BCUT2D eigenvalue weighted by atomic mass is 16.5. The van der Waals surface area contributed by atoms with Gasteiger partial charge in [-0.25, -0.2) is 4.98 Å². The molecule has 0 aromatic carbocycles. The lowest BCUT2D eigenvalue weighted by Gasteiger charge is -2.22. The Morgan fingerprint density at radius 3 is 3.00 bits per heavy atom. The molecule has 1 aliphatic rings. The van der Waals surface area contributed by atoms with Crippen LogP contribution in [0.1, 0.15) is 18.4 Å². The predicted octanol–water partition coefficient (Wildman–Crippen LogP) is 1.35. The van der Waals surface area contributed by atoms with Crippen LogP contribution < -0.4 is 10.5 Å². The lowest BCUT2D eigenvalue weighted by molar-refractivity contribution is 0.0489. The third-order valence-corrected chi connectivity index (χ3v) is 2.87. The summed E-state index contributed by atoms with van der Waals surface area (Å²) in [5.74, 6) is 1.26. The highest BCUT2D eigenvalue weighted by Gasteiger charge is 2.15. The molecule has 0 unspecified atom stereocenters. The minimum absolute atomic E-state index is 0.469. The molecule has 0 spiro atoms. The number of pyridine rings is 1. The van der Waals surface area contributed by atoms with E-state index in [1.54, 1.807) is 6.20 Å². The molecule has 1 aliphatic heterocycles. The summed E-state index contributed by atoms with van der Waals surface area (Å²) in [6, 6.07) is 3.83. The van der Waals surface area contributed by atoms with Crippen molar-refractivity contribution in [3.05, 3.63) is 23.9 Å². The van der Waals surface area contributed by atoms with Crippen molar-refractivity contribution in [2.45, 2.75) is 19.4 Å². The second kappa shape index (κ2) is 5.82. The van der Waals surface area contributed by atoms with Gasteiger partial charge < -0.3 is 15.2 Å². The minimum atomic E-state index is 0.469. The maximum atomic E-state index is 5.72. The summed E-state index contributed by atoms with van der Waals surface area (Å²) >= 11 is 0. The van der Waals surface area contributed by atoms with Crippen molar-refractivity contribution in [3.8, 4) is 5.88 Å². The monoisotopic (exact) mass is 222 g/mol. The highest BCUT2D eigenvalue weighted by molar-refractivity contribution is 5.24. The van der Waals surface area contributed by atoms with Crippen molar-refractivity contribution >= 4 is 0 Å². The molecule has 2 rings (SSSR count). The zero-order chi connectivity index (χ0) is 11.2. The maximum absolute atomic E-state index is 5.72. The van der Waals surface area contributed by atoms with Crippen molar-refractivity contribution in [2.75, 3.05) is 19.8 Å². The largest absolute Gasteiger partial charge is 0.477 e. The van der Waals surface area contributed by atoms with Gasteiger partial charge in [0, 0.05) is 31.5 Å². The van der Waals surface area contributed by atoms with Crippen LogP contribution in [0.2, 0.25) is 0 Å². The Morgan fingerprint density at radius 2 is 2.25 bits per heavy atom. The van der Waals surface area contributed by atoms with Gasteiger partial charge in [-0.15, -0.1) is 0 Å². The molecule has 0 radical (unpaired) electrons. The summed E-state index contributed by atoms with van der Waals surface area (Å²) < 4.78 is 11.0. The molecule has 0 aliphatic carbocycles. The smallest absolute Gasteiger partial charge is 0.217 e. The number of aromatic nitrogens is 1. The summed E-state index contributed by atoms with van der Waals surface area (Å²) in [5, 5.41) is 0. The van der Waals surface area contributed by atoms with E-state index in [1.165, 1.54) is 0 Å². The molecule has 1 saturated heterocycles. The zero-order valence-electron chi connectivity index (χ0n) is 9.39. The first kappa shape index (κ1) is 11.4. The van der Waals surface area contributed by atoms with Gasteiger partial charge in [-0.05, 0) is 24.8 Å². The first-order valence-electron chi connectivity index (χ1n) is 5.74. The van der Waals surface area contributed by atoms with E-state index in [1.807, 2.05) is 12.1 Å². The minimum Gasteiger partial charge on any atom is -0.477 e. The average Bonchev–Trinajstić information content (AvgIpc) is 2.38. The van der Waals surface area contributed by atoms with Crippen LogP contribution >= 0.6 is 0 Å². The molecule has 1 aromatic heterocycles. The SMILES string of the molecule is NCc1cccnc1OCC1CCOCC1. The van der Waals surface area contributed by atoms with Gasteiger partial charge in [0.2, 0.25) is 5.88 Å². The zero-order valence-corrected chi connectivity index (χ0v) is 9.39. The summed E-state index contributed by atoms with van der Waals surface area (Å²) in [6.07, 6.45) is 3.88. The first-order chi connectivity index (χ1) is 7.90. The topological polar surface area (TPSA) is 57.4 Å². The lowest BCUT2D eigenvalue weighted by Crippen LogP contribution is -2.22. The fourth-order valence-corrected chi connectivity index (χ4v) is 1.82. The van der Waals surface area contributed by atoms with Crippen molar-refractivity contribution in [1.29, 1.82) is 0 Å². The molecule has 88 valence electrons. The molecular weight excluding hydrogens is 204 g/mol. The van der Waals surface area contributed by atoms with Gasteiger partial charge in [0.15, 0.2) is 0 Å². The molecule has 4 heteroatoms. The van der Waals surface area contributed by atoms with E-state index in [0.717, 1.165) is 31.6 Å². The third-order valence-electron chi connectivity index (χ3n) is 2.87. The molecule has 0 atom stereocenters. The van der Waals surface area contributed by atoms with Crippen molar-refractivity contribution in [3.63, 3.8) is 0 Å². The van der Waals surface area contributed by atoms with E-state index >= 15 is 0 Å². The van der Waals surface area contributed by atoms with Crippen LogP contribution in [-0.4, -0.2) is 24.8 Å². The fraction of sp³-hybridized carbons (Fsp3) is 0.583. The van der Waals surface area contributed by atoms with Gasteiger partial charge in [0.05, 0.1) is 6.61 Å². The van der Waals surface area contributed by atoms with E-state index < -0.39 is 0 Å². The van der Waals surface area contributed by atoms with Crippen LogP contribution in [0.5, 0.6) is 5.88 Å². The summed E-state index contributed by atoms with van der Waals surface area (Å²) in [4.78, 5) is 4.20. The normalized spacial score (nSPS) is 17.3. The Kier molecular flexibility index (Phi) is 4.13. The Bertz CT molecular complexity index is 325. The number of nitrogens with zero attached hydrogens (tertiary/aromatic N) is 1. The first-order valence-corrected chi connectivity index (χ1v) is 5.74. The number of rotatable bonds is 4. The van der Waals surface area contributed by atoms with Gasteiger partial charge in [-0.2, -0.15) is 0 Å². The summed E-state index contributed by atoms with van der Waals surface area (Å²) in [7, 11) is 0. The van der Waals surface area contributed by atoms with Crippen LogP contribution in [0.4, 0.5) is 0 Å². The van der Waals surface area contributed by atoms with E-state index in [9.17, 15) is 0 Å². The molecule has 0 saturated carbocycles. The Balaban J connectivity index is 1.88. The van der Waals surface area contributed by atoms with E-state index in [-0.39, 0.29) is 0 Å². The van der Waals surface area contributed by atoms with Crippen molar-refractivity contribution in [2.24, 2.45) is 11.7 Å². The van der Waals surface area contributed by atoms with Crippen LogP contribution in [0.3, 0.4) is 0 Å². The number of hydrogen-bond acceptors (Lipinski definition) is 4. The lowest BCUT2D eigenvalue weighted by atomic mass is 10.0. The predicted molar refractivity (Wildman–Crippen MR) is 61.2 cm³/mol. The quantitative estimate of drug-likeness (QED) is 0.835. The van der Waals surface area contributed by atoms with Crippen molar-refractivity contribution in [1.82, 2.24) is 4.98 Å². The number of ether oxygens (including phenoxy) is 2. The molecule has 2 N–H and O–H groups in total. The highest BCUT2D eigenvalue weighted by Crippen LogP contribution is 2.18. The Hall–Kier alpha value is -1.13. The molecule has 2 heterocycles. The van der Waals surface area contributed by atoms with E-state index in [0.29, 0.717) is 24.9 Å². The fourth-order valence-electron chi connectivity index (χ4n) is 1.82. The molecule has 1 aromatic rings. The van der Waals surface area contributed by atoms with E-state index in [2.05, 4.69) is 4.98 Å². The standard InChI is InChI=1S/C12H18N2O2/c13-8-11-2-1-5-14-12(11)16-9-10-3-6-15-7-4-10/h1-2,5,10H,3-4,6-9,13H2. The van der Waals surface area contributed by atoms with Gasteiger partial charge in [-0.3, -0.25) is 0 Å². The van der Waals surface area contributed by atoms with Crippen LogP contribution in [0.15, 0.2) is 18.3 Å². The van der Waals surface area contributed by atoms with Crippen LogP contribution in [-0.2, 0) is 11.3 Å². The Labute approximate surface area is 95.8 Å². The molecule has 1 fully saturated rings. The second-order valence-electron chi connectivity index (χ2n) is 4.04. The average molecular weight is 222 g/mol. The van der Waals surface area contributed by atoms with Gasteiger partial charge in [-0.1, -0.05) is 6.07 Å². The van der Waals surface area contributed by atoms with Gasteiger partial charge >= 0.3 is 0 Å². The van der Waals surface area contributed by atoms with Crippen LogP contribution in [0, 0.1) is 5.92 Å². The van der Waals surface area contributed by atoms with Gasteiger partial charge in [0.1, 0.15) is 0 Å². The Morgan fingerprint density at radius 1 is 1.44 bits per heavy atom. The number of hydrogen-bond donors (Lipinski definition) is 1. The van der Waals surface area contributed by atoms with Crippen molar-refractivity contribution < 1.29 is 9.47 Å². The number of nitrogens with two attached hydrogens (primary N) is 1.